The number of carboxylic acids is 1. The maximum Gasteiger partial charge on any atom is 0.305 e. The fraction of sp³-hybridized carbons (Fsp3) is 0.190. The summed E-state index contributed by atoms with van der Waals surface area (Å²) in [6, 6.07) is 12.6. The van der Waals surface area contributed by atoms with Crippen molar-refractivity contribution in [2.45, 2.75) is 13.0 Å². The molecule has 1 aromatic heterocycles. The molecule has 0 aliphatic heterocycles. The normalized spacial score (nSPS) is 10.6. The maximum absolute atomic E-state index is 12.0. The van der Waals surface area contributed by atoms with Crippen LogP contribution in [0.1, 0.15) is 22.3 Å². The van der Waals surface area contributed by atoms with Crippen molar-refractivity contribution in [3.8, 4) is 11.3 Å². The van der Waals surface area contributed by atoms with E-state index in [-0.39, 0.29) is 18.9 Å². The number of aromatic nitrogens is 1. The summed E-state index contributed by atoms with van der Waals surface area (Å²) in [4.78, 5) is 29.2. The summed E-state index contributed by atoms with van der Waals surface area (Å²) < 4.78 is 0. The number of nitrogens with one attached hydrogen (secondary N) is 1. The molecule has 1 heterocycles. The Labute approximate surface area is 188 Å². The SMILES string of the molecule is CN(Cc1ccc(C(=O)NCCC(=O)O)cc1)c1nc(-c2ccc(Cl)c(Cl)c2)cs1. The first-order valence-electron chi connectivity index (χ1n) is 9.04. The summed E-state index contributed by atoms with van der Waals surface area (Å²) in [5, 5.41) is 15.0. The molecule has 2 N–H and O–H groups in total. The first kappa shape index (κ1) is 22.1. The van der Waals surface area contributed by atoms with E-state index in [0.717, 1.165) is 22.0 Å². The third-order valence-electron chi connectivity index (χ3n) is 4.29. The number of halogens is 2. The molecule has 0 unspecified atom stereocenters. The van der Waals surface area contributed by atoms with Crippen molar-refractivity contribution in [3.05, 3.63) is 69.0 Å². The molecule has 0 fully saturated rings. The lowest BCUT2D eigenvalue weighted by Crippen LogP contribution is -2.26. The monoisotopic (exact) mass is 463 g/mol. The summed E-state index contributed by atoms with van der Waals surface area (Å²) in [5.74, 6) is -1.24. The number of anilines is 1. The average molecular weight is 464 g/mol. The highest BCUT2D eigenvalue weighted by Gasteiger charge is 2.11. The van der Waals surface area contributed by atoms with Crippen LogP contribution in [0.15, 0.2) is 47.8 Å². The van der Waals surface area contributed by atoms with Gasteiger partial charge >= 0.3 is 5.97 Å². The van der Waals surface area contributed by atoms with Crippen LogP contribution >= 0.6 is 34.5 Å². The smallest absolute Gasteiger partial charge is 0.305 e. The van der Waals surface area contributed by atoms with E-state index < -0.39 is 5.97 Å². The minimum atomic E-state index is -0.946. The van der Waals surface area contributed by atoms with E-state index in [1.165, 1.54) is 11.3 Å². The van der Waals surface area contributed by atoms with Gasteiger partial charge in [-0.05, 0) is 29.8 Å². The number of amides is 1. The van der Waals surface area contributed by atoms with E-state index >= 15 is 0 Å². The molecule has 3 aromatic rings. The molecule has 0 saturated heterocycles. The molecular formula is C21H19Cl2N3O3S. The van der Waals surface area contributed by atoms with E-state index in [4.69, 9.17) is 28.3 Å². The van der Waals surface area contributed by atoms with Gasteiger partial charge in [-0.15, -0.1) is 11.3 Å². The van der Waals surface area contributed by atoms with Crippen LogP contribution in [0, 0.1) is 0 Å². The number of nitrogens with zero attached hydrogens (tertiary/aromatic N) is 2. The van der Waals surface area contributed by atoms with E-state index in [2.05, 4.69) is 10.3 Å². The highest BCUT2D eigenvalue weighted by atomic mass is 35.5. The number of carbonyl (C=O) groups excluding carboxylic acids is 1. The molecule has 2 aromatic carbocycles. The minimum absolute atomic E-state index is 0.101. The molecule has 156 valence electrons. The Kier molecular flexibility index (Phi) is 7.31. The number of hydrogen-bond acceptors (Lipinski definition) is 5. The van der Waals surface area contributed by atoms with Crippen LogP contribution < -0.4 is 10.2 Å². The van der Waals surface area contributed by atoms with Crippen molar-refractivity contribution in [1.29, 1.82) is 0 Å². The van der Waals surface area contributed by atoms with Crippen molar-refractivity contribution < 1.29 is 14.7 Å². The van der Waals surface area contributed by atoms with Gasteiger partial charge in [0.15, 0.2) is 5.13 Å². The number of benzene rings is 2. The van der Waals surface area contributed by atoms with Crippen LogP contribution in [0.4, 0.5) is 5.13 Å². The Balaban J connectivity index is 1.61. The number of carbonyl (C=O) groups is 2. The average Bonchev–Trinajstić information content (AvgIpc) is 3.20. The van der Waals surface area contributed by atoms with Crippen molar-refractivity contribution in [3.63, 3.8) is 0 Å². The van der Waals surface area contributed by atoms with Gasteiger partial charge in [-0.3, -0.25) is 9.59 Å². The first-order chi connectivity index (χ1) is 14.3. The molecule has 30 heavy (non-hydrogen) atoms. The Bertz CT molecular complexity index is 1050. The van der Waals surface area contributed by atoms with Crippen LogP contribution in [0.25, 0.3) is 11.3 Å². The van der Waals surface area contributed by atoms with Crippen LogP contribution in [-0.2, 0) is 11.3 Å². The van der Waals surface area contributed by atoms with Crippen LogP contribution in [0.5, 0.6) is 0 Å². The predicted molar refractivity (Wildman–Crippen MR) is 121 cm³/mol. The fourth-order valence-corrected chi connectivity index (χ4v) is 3.82. The largest absolute Gasteiger partial charge is 0.481 e. The third-order valence-corrected chi connectivity index (χ3v) is 5.99. The molecule has 0 saturated carbocycles. The second-order valence-electron chi connectivity index (χ2n) is 6.60. The zero-order valence-electron chi connectivity index (χ0n) is 16.1. The standard InChI is InChI=1S/C21H19Cl2N3O3S/c1-26(21-25-18(12-30-21)15-6-7-16(22)17(23)10-15)11-13-2-4-14(5-3-13)20(29)24-9-8-19(27)28/h2-7,10,12H,8-9,11H2,1H3,(H,24,29)(H,27,28). The van der Waals surface area contributed by atoms with Crippen molar-refractivity contribution >= 4 is 51.5 Å². The summed E-state index contributed by atoms with van der Waals surface area (Å²) in [6.45, 7) is 0.721. The zero-order valence-corrected chi connectivity index (χ0v) is 18.4. The van der Waals surface area contributed by atoms with Gasteiger partial charge in [-0.1, -0.05) is 41.4 Å². The number of aliphatic carboxylic acids is 1. The van der Waals surface area contributed by atoms with Gasteiger partial charge in [0.2, 0.25) is 0 Å². The summed E-state index contributed by atoms with van der Waals surface area (Å²) >= 11 is 13.6. The topological polar surface area (TPSA) is 82.5 Å². The van der Waals surface area contributed by atoms with Gasteiger partial charge in [-0.2, -0.15) is 0 Å². The first-order valence-corrected chi connectivity index (χ1v) is 10.7. The second-order valence-corrected chi connectivity index (χ2v) is 8.25. The van der Waals surface area contributed by atoms with Gasteiger partial charge < -0.3 is 15.3 Å². The Morgan fingerprint density at radius 3 is 2.53 bits per heavy atom. The second kappa shape index (κ2) is 9.93. The summed E-state index contributed by atoms with van der Waals surface area (Å²) in [7, 11) is 1.95. The number of thiazole rings is 1. The maximum atomic E-state index is 12.0. The molecule has 0 spiro atoms. The quantitative estimate of drug-likeness (QED) is 0.493. The molecule has 6 nitrogen and oxygen atoms in total. The molecule has 0 atom stereocenters. The Morgan fingerprint density at radius 2 is 1.87 bits per heavy atom. The zero-order chi connectivity index (χ0) is 21.7. The van der Waals surface area contributed by atoms with Gasteiger partial charge in [0.05, 0.1) is 22.2 Å². The van der Waals surface area contributed by atoms with E-state index in [0.29, 0.717) is 22.2 Å². The molecule has 9 heteroatoms. The van der Waals surface area contributed by atoms with Gasteiger partial charge in [0.25, 0.3) is 5.91 Å². The highest BCUT2D eigenvalue weighted by molar-refractivity contribution is 7.14. The van der Waals surface area contributed by atoms with E-state index in [9.17, 15) is 9.59 Å². The van der Waals surface area contributed by atoms with Gasteiger partial charge in [0, 0.05) is 36.6 Å². The molecule has 0 aliphatic rings. The molecular weight excluding hydrogens is 445 g/mol. The molecule has 1 amide bonds. The third kappa shape index (κ3) is 5.72. The number of rotatable bonds is 8. The number of carboxylic acid groups (broad SMARTS) is 1. The molecule has 0 radical (unpaired) electrons. The lowest BCUT2D eigenvalue weighted by atomic mass is 10.1. The van der Waals surface area contributed by atoms with E-state index in [1.807, 2.05) is 35.5 Å². The molecule has 3 rings (SSSR count). The highest BCUT2D eigenvalue weighted by Crippen LogP contribution is 2.31. The molecule has 0 bridgehead atoms. The Morgan fingerprint density at radius 1 is 1.13 bits per heavy atom. The van der Waals surface area contributed by atoms with Crippen LogP contribution in [-0.4, -0.2) is 35.6 Å². The van der Waals surface area contributed by atoms with Crippen molar-refractivity contribution in [2.75, 3.05) is 18.5 Å². The van der Waals surface area contributed by atoms with Crippen LogP contribution in [0.2, 0.25) is 10.0 Å². The number of hydrogen-bond donors (Lipinski definition) is 2. The van der Waals surface area contributed by atoms with Crippen LogP contribution in [0.3, 0.4) is 0 Å². The van der Waals surface area contributed by atoms with E-state index in [1.54, 1.807) is 24.3 Å². The lowest BCUT2D eigenvalue weighted by molar-refractivity contribution is -0.136. The molecule has 0 aliphatic carbocycles. The van der Waals surface area contributed by atoms with Crippen molar-refractivity contribution in [1.82, 2.24) is 10.3 Å². The predicted octanol–water partition coefficient (Wildman–Crippen LogP) is 4.96. The summed E-state index contributed by atoms with van der Waals surface area (Å²) in [5.41, 5.74) is 3.24. The van der Waals surface area contributed by atoms with Gasteiger partial charge in [-0.25, -0.2) is 4.98 Å². The van der Waals surface area contributed by atoms with Crippen molar-refractivity contribution in [2.24, 2.45) is 0 Å². The lowest BCUT2D eigenvalue weighted by Gasteiger charge is -2.16. The minimum Gasteiger partial charge on any atom is -0.481 e. The summed E-state index contributed by atoms with van der Waals surface area (Å²) in [6.07, 6.45) is -0.105. The van der Waals surface area contributed by atoms with Gasteiger partial charge in [0.1, 0.15) is 0 Å². The fourth-order valence-electron chi connectivity index (χ4n) is 2.72. The Hall–Kier alpha value is -2.61.